The summed E-state index contributed by atoms with van der Waals surface area (Å²) >= 11 is 0. The average Bonchev–Trinajstić information content (AvgIpc) is 2.72. The predicted molar refractivity (Wildman–Crippen MR) is 109 cm³/mol. The summed E-state index contributed by atoms with van der Waals surface area (Å²) in [4.78, 5) is 12.1. The standard InChI is InChI=1S/C22H25F3N2O3/c1-3-4-13-30-18-11-9-15(14-19(18)29-2)10-12-20(28)27-21(26)16-7-5-6-8-17(16)22(23,24)25/h5-12,14,21H,3-4,13,26H2,1-2H3,(H,27,28). The fourth-order valence-corrected chi connectivity index (χ4v) is 2.71. The molecule has 0 aliphatic carbocycles. The number of benzene rings is 2. The Morgan fingerprint density at radius 1 is 1.20 bits per heavy atom. The summed E-state index contributed by atoms with van der Waals surface area (Å²) < 4.78 is 50.3. The molecule has 0 fully saturated rings. The van der Waals surface area contributed by atoms with Crippen molar-refractivity contribution in [3.63, 3.8) is 0 Å². The number of unbranched alkanes of at least 4 members (excludes halogenated alkanes) is 1. The highest BCUT2D eigenvalue weighted by atomic mass is 19.4. The fourth-order valence-electron chi connectivity index (χ4n) is 2.71. The number of methoxy groups -OCH3 is 1. The first-order valence-corrected chi connectivity index (χ1v) is 9.47. The molecule has 2 rings (SSSR count). The number of nitrogens with one attached hydrogen (secondary N) is 1. The molecule has 1 unspecified atom stereocenters. The fraction of sp³-hybridized carbons (Fsp3) is 0.318. The second-order valence-electron chi connectivity index (χ2n) is 6.52. The van der Waals surface area contributed by atoms with Gasteiger partial charge in [-0.1, -0.05) is 37.6 Å². The molecule has 2 aromatic rings. The molecule has 2 aromatic carbocycles. The molecule has 0 aliphatic rings. The summed E-state index contributed by atoms with van der Waals surface area (Å²) in [6, 6.07) is 10.0. The number of nitrogens with two attached hydrogens (primary N) is 1. The van der Waals surface area contributed by atoms with E-state index in [9.17, 15) is 18.0 Å². The van der Waals surface area contributed by atoms with E-state index in [0.717, 1.165) is 18.9 Å². The number of hydrogen-bond acceptors (Lipinski definition) is 4. The van der Waals surface area contributed by atoms with Gasteiger partial charge in [0.15, 0.2) is 11.5 Å². The van der Waals surface area contributed by atoms with Crippen LogP contribution in [0.15, 0.2) is 48.5 Å². The third kappa shape index (κ3) is 6.52. The van der Waals surface area contributed by atoms with Crippen molar-refractivity contribution in [2.45, 2.75) is 32.1 Å². The molecule has 0 saturated heterocycles. The van der Waals surface area contributed by atoms with E-state index < -0.39 is 23.8 Å². The van der Waals surface area contributed by atoms with Crippen LogP contribution in [0.3, 0.4) is 0 Å². The molecule has 0 aromatic heterocycles. The summed E-state index contributed by atoms with van der Waals surface area (Å²) in [7, 11) is 1.51. The van der Waals surface area contributed by atoms with E-state index in [1.54, 1.807) is 18.2 Å². The highest BCUT2D eigenvalue weighted by Gasteiger charge is 2.34. The molecule has 0 heterocycles. The van der Waals surface area contributed by atoms with Crippen LogP contribution in [0.2, 0.25) is 0 Å². The zero-order chi connectivity index (χ0) is 22.1. The summed E-state index contributed by atoms with van der Waals surface area (Å²) in [6.07, 6.45) is -1.23. The van der Waals surface area contributed by atoms with E-state index in [4.69, 9.17) is 15.2 Å². The van der Waals surface area contributed by atoms with Crippen molar-refractivity contribution in [1.82, 2.24) is 5.32 Å². The molecule has 30 heavy (non-hydrogen) atoms. The highest BCUT2D eigenvalue weighted by Crippen LogP contribution is 2.33. The number of carbonyl (C=O) groups excluding carboxylic acids is 1. The zero-order valence-corrected chi connectivity index (χ0v) is 16.8. The monoisotopic (exact) mass is 422 g/mol. The zero-order valence-electron chi connectivity index (χ0n) is 16.8. The Bertz CT molecular complexity index is 882. The van der Waals surface area contributed by atoms with Crippen molar-refractivity contribution in [3.05, 3.63) is 65.2 Å². The molecule has 5 nitrogen and oxygen atoms in total. The first-order valence-electron chi connectivity index (χ1n) is 9.47. The van der Waals surface area contributed by atoms with Crippen LogP contribution in [-0.2, 0) is 11.0 Å². The summed E-state index contributed by atoms with van der Waals surface area (Å²) in [6.45, 7) is 2.63. The number of carbonyl (C=O) groups is 1. The molecule has 0 aliphatic heterocycles. The second kappa shape index (κ2) is 10.7. The van der Waals surface area contributed by atoms with Crippen molar-refractivity contribution >= 4 is 12.0 Å². The van der Waals surface area contributed by atoms with Gasteiger partial charge in [-0.3, -0.25) is 4.79 Å². The molecule has 1 atom stereocenters. The van der Waals surface area contributed by atoms with Crippen molar-refractivity contribution in [1.29, 1.82) is 0 Å². The van der Waals surface area contributed by atoms with Gasteiger partial charge in [0.1, 0.15) is 6.17 Å². The van der Waals surface area contributed by atoms with Gasteiger partial charge < -0.3 is 20.5 Å². The Balaban J connectivity index is 2.06. The first-order chi connectivity index (χ1) is 14.3. The topological polar surface area (TPSA) is 73.6 Å². The number of rotatable bonds is 9. The van der Waals surface area contributed by atoms with E-state index in [2.05, 4.69) is 12.2 Å². The van der Waals surface area contributed by atoms with Gasteiger partial charge in [-0.2, -0.15) is 13.2 Å². The van der Waals surface area contributed by atoms with Crippen LogP contribution in [0.1, 0.15) is 42.6 Å². The van der Waals surface area contributed by atoms with Gasteiger partial charge in [0, 0.05) is 11.6 Å². The lowest BCUT2D eigenvalue weighted by atomic mass is 10.0. The van der Waals surface area contributed by atoms with Gasteiger partial charge in [0.2, 0.25) is 5.91 Å². The summed E-state index contributed by atoms with van der Waals surface area (Å²) in [5.74, 6) is 0.490. The van der Waals surface area contributed by atoms with Crippen molar-refractivity contribution < 1.29 is 27.4 Å². The minimum atomic E-state index is -4.56. The summed E-state index contributed by atoms with van der Waals surface area (Å²) in [5.41, 5.74) is 5.35. The van der Waals surface area contributed by atoms with Gasteiger partial charge in [0.25, 0.3) is 0 Å². The van der Waals surface area contributed by atoms with Crippen LogP contribution in [0.5, 0.6) is 11.5 Å². The average molecular weight is 422 g/mol. The predicted octanol–water partition coefficient (Wildman–Crippen LogP) is 4.68. The maximum absolute atomic E-state index is 13.1. The number of amides is 1. The van der Waals surface area contributed by atoms with Gasteiger partial charge in [-0.25, -0.2) is 0 Å². The third-order valence-electron chi connectivity index (χ3n) is 4.27. The van der Waals surface area contributed by atoms with E-state index in [1.807, 2.05) is 0 Å². The number of ether oxygens (including phenoxy) is 2. The number of hydrogen-bond donors (Lipinski definition) is 2. The second-order valence-corrected chi connectivity index (χ2v) is 6.52. The van der Waals surface area contributed by atoms with Crippen LogP contribution in [0.4, 0.5) is 13.2 Å². The molecule has 0 saturated carbocycles. The lowest BCUT2D eigenvalue weighted by Crippen LogP contribution is -2.34. The first kappa shape index (κ1) is 23.3. The molecular formula is C22H25F3N2O3. The van der Waals surface area contributed by atoms with Crippen LogP contribution >= 0.6 is 0 Å². The molecule has 162 valence electrons. The van der Waals surface area contributed by atoms with Gasteiger partial charge in [-0.05, 0) is 36.3 Å². The molecule has 3 N–H and O–H groups in total. The van der Waals surface area contributed by atoms with Gasteiger partial charge in [-0.15, -0.1) is 0 Å². The van der Waals surface area contributed by atoms with Crippen molar-refractivity contribution in [3.8, 4) is 11.5 Å². The largest absolute Gasteiger partial charge is 0.493 e. The molecule has 8 heteroatoms. The Morgan fingerprint density at radius 2 is 1.93 bits per heavy atom. The normalized spacial score (nSPS) is 12.6. The van der Waals surface area contributed by atoms with Crippen molar-refractivity contribution in [2.24, 2.45) is 5.73 Å². The Labute approximate surface area is 173 Å². The lowest BCUT2D eigenvalue weighted by Gasteiger charge is -2.18. The van der Waals surface area contributed by atoms with Crippen LogP contribution < -0.4 is 20.5 Å². The smallest absolute Gasteiger partial charge is 0.416 e. The molecule has 0 spiro atoms. The quantitative estimate of drug-likeness (QED) is 0.350. The minimum absolute atomic E-state index is 0.206. The van der Waals surface area contributed by atoms with E-state index in [-0.39, 0.29) is 5.56 Å². The van der Waals surface area contributed by atoms with E-state index >= 15 is 0 Å². The van der Waals surface area contributed by atoms with Crippen molar-refractivity contribution in [2.75, 3.05) is 13.7 Å². The van der Waals surface area contributed by atoms with E-state index in [1.165, 1.54) is 37.5 Å². The highest BCUT2D eigenvalue weighted by molar-refractivity contribution is 5.92. The summed E-state index contributed by atoms with van der Waals surface area (Å²) in [5, 5.41) is 2.35. The lowest BCUT2D eigenvalue weighted by molar-refractivity contribution is -0.138. The molecule has 0 radical (unpaired) electrons. The number of halogens is 3. The van der Waals surface area contributed by atoms with Crippen LogP contribution in [-0.4, -0.2) is 19.6 Å². The molecule has 1 amide bonds. The van der Waals surface area contributed by atoms with Crippen LogP contribution in [0, 0.1) is 0 Å². The molecule has 0 bridgehead atoms. The van der Waals surface area contributed by atoms with Crippen LogP contribution in [0.25, 0.3) is 6.08 Å². The van der Waals surface area contributed by atoms with Gasteiger partial charge >= 0.3 is 6.18 Å². The maximum Gasteiger partial charge on any atom is 0.416 e. The van der Waals surface area contributed by atoms with E-state index in [0.29, 0.717) is 23.7 Å². The molecular weight excluding hydrogens is 397 g/mol. The number of alkyl halides is 3. The Kier molecular flexibility index (Phi) is 8.29. The minimum Gasteiger partial charge on any atom is -0.493 e. The Morgan fingerprint density at radius 3 is 2.60 bits per heavy atom. The van der Waals surface area contributed by atoms with Gasteiger partial charge in [0.05, 0.1) is 19.3 Å². The Hall–Kier alpha value is -3.00. The SMILES string of the molecule is CCCCOc1ccc(C=CC(=O)NC(N)c2ccccc2C(F)(F)F)cc1OC. The maximum atomic E-state index is 13.1. The third-order valence-corrected chi connectivity index (χ3v) is 4.27.